The lowest BCUT2D eigenvalue weighted by atomic mass is 9.84. The SMILES string of the molecule is O=C(CN1C(=O)NC(Cc2ccccc2)(Cc2ccccc2)C1=O)c1cccc(F)c1. The lowest BCUT2D eigenvalue weighted by Crippen LogP contribution is -2.51. The van der Waals surface area contributed by atoms with E-state index < -0.39 is 35.6 Å². The van der Waals surface area contributed by atoms with Gasteiger partial charge in [0.05, 0.1) is 6.54 Å². The van der Waals surface area contributed by atoms with Gasteiger partial charge in [0.1, 0.15) is 11.4 Å². The number of rotatable bonds is 7. The minimum Gasteiger partial charge on any atom is -0.322 e. The van der Waals surface area contributed by atoms with Gasteiger partial charge in [-0.3, -0.25) is 14.5 Å². The van der Waals surface area contributed by atoms with Crippen molar-refractivity contribution in [1.82, 2.24) is 10.2 Å². The van der Waals surface area contributed by atoms with E-state index in [4.69, 9.17) is 0 Å². The van der Waals surface area contributed by atoms with E-state index in [1.54, 1.807) is 0 Å². The summed E-state index contributed by atoms with van der Waals surface area (Å²) < 4.78 is 13.5. The van der Waals surface area contributed by atoms with Gasteiger partial charge in [-0.15, -0.1) is 0 Å². The molecule has 156 valence electrons. The first-order valence-electron chi connectivity index (χ1n) is 9.98. The van der Waals surface area contributed by atoms with Crippen LogP contribution >= 0.6 is 0 Å². The van der Waals surface area contributed by atoms with Gasteiger partial charge in [-0.05, 0) is 23.3 Å². The van der Waals surface area contributed by atoms with Gasteiger partial charge < -0.3 is 5.32 Å². The summed E-state index contributed by atoms with van der Waals surface area (Å²) in [5, 5.41) is 2.84. The monoisotopic (exact) mass is 416 g/mol. The van der Waals surface area contributed by atoms with Crippen LogP contribution in [0.25, 0.3) is 0 Å². The van der Waals surface area contributed by atoms with Gasteiger partial charge in [-0.25, -0.2) is 9.18 Å². The maximum atomic E-state index is 13.5. The van der Waals surface area contributed by atoms with Crippen LogP contribution < -0.4 is 5.32 Å². The number of hydrogen-bond acceptors (Lipinski definition) is 3. The number of imide groups is 1. The molecular weight excluding hydrogens is 395 g/mol. The summed E-state index contributed by atoms with van der Waals surface area (Å²) in [5.41, 5.74) is 0.696. The Kier molecular flexibility index (Phi) is 5.62. The van der Waals surface area contributed by atoms with Crippen LogP contribution in [0.5, 0.6) is 0 Å². The zero-order chi connectivity index (χ0) is 21.8. The molecule has 0 aromatic heterocycles. The van der Waals surface area contributed by atoms with Crippen molar-refractivity contribution in [2.75, 3.05) is 6.54 Å². The third-order valence-electron chi connectivity index (χ3n) is 5.39. The summed E-state index contributed by atoms with van der Waals surface area (Å²) in [4.78, 5) is 39.8. The molecular formula is C25H21FN2O3. The van der Waals surface area contributed by atoms with Gasteiger partial charge in [0.25, 0.3) is 5.91 Å². The van der Waals surface area contributed by atoms with Gasteiger partial charge in [-0.2, -0.15) is 0 Å². The van der Waals surface area contributed by atoms with E-state index in [1.807, 2.05) is 60.7 Å². The van der Waals surface area contributed by atoms with Crippen molar-refractivity contribution >= 4 is 17.7 Å². The maximum absolute atomic E-state index is 13.5. The Bertz CT molecular complexity index is 1070. The summed E-state index contributed by atoms with van der Waals surface area (Å²) in [6.45, 7) is -0.445. The third-order valence-corrected chi connectivity index (χ3v) is 5.39. The predicted octanol–water partition coefficient (Wildman–Crippen LogP) is 3.78. The first-order valence-corrected chi connectivity index (χ1v) is 9.98. The van der Waals surface area contributed by atoms with Gasteiger partial charge >= 0.3 is 6.03 Å². The molecule has 3 aromatic rings. The number of carbonyl (C=O) groups excluding carboxylic acids is 3. The van der Waals surface area contributed by atoms with E-state index in [2.05, 4.69) is 5.32 Å². The molecule has 0 spiro atoms. The predicted molar refractivity (Wildman–Crippen MR) is 114 cm³/mol. The smallest absolute Gasteiger partial charge is 0.322 e. The molecule has 3 amide bonds. The molecule has 1 aliphatic rings. The number of benzene rings is 3. The van der Waals surface area contributed by atoms with Crippen molar-refractivity contribution in [3.05, 3.63) is 107 Å². The van der Waals surface area contributed by atoms with Crippen LogP contribution in [0.2, 0.25) is 0 Å². The fourth-order valence-electron chi connectivity index (χ4n) is 3.91. The molecule has 1 fully saturated rings. The molecule has 0 aliphatic carbocycles. The summed E-state index contributed by atoms with van der Waals surface area (Å²) in [6.07, 6.45) is 0.579. The normalized spacial score (nSPS) is 15.1. The van der Waals surface area contributed by atoms with Crippen molar-refractivity contribution in [2.45, 2.75) is 18.4 Å². The average Bonchev–Trinajstić information content (AvgIpc) is 2.99. The zero-order valence-electron chi connectivity index (χ0n) is 16.8. The highest BCUT2D eigenvalue weighted by Crippen LogP contribution is 2.27. The molecule has 1 heterocycles. The number of ketones is 1. The van der Waals surface area contributed by atoms with Crippen molar-refractivity contribution < 1.29 is 18.8 Å². The summed E-state index contributed by atoms with van der Waals surface area (Å²) >= 11 is 0. The quantitative estimate of drug-likeness (QED) is 0.471. The van der Waals surface area contributed by atoms with E-state index in [9.17, 15) is 18.8 Å². The Morgan fingerprint density at radius 1 is 0.839 bits per heavy atom. The number of halogens is 1. The number of amides is 3. The van der Waals surface area contributed by atoms with Crippen LogP contribution in [0.15, 0.2) is 84.9 Å². The molecule has 0 bridgehead atoms. The van der Waals surface area contributed by atoms with Gasteiger partial charge in [0.2, 0.25) is 0 Å². The maximum Gasteiger partial charge on any atom is 0.325 e. The average molecular weight is 416 g/mol. The van der Waals surface area contributed by atoms with Crippen molar-refractivity contribution in [3.63, 3.8) is 0 Å². The molecule has 0 saturated carbocycles. The van der Waals surface area contributed by atoms with Crippen LogP contribution in [-0.4, -0.2) is 34.7 Å². The number of nitrogens with zero attached hydrogens (tertiary/aromatic N) is 1. The van der Waals surface area contributed by atoms with Crippen molar-refractivity contribution in [3.8, 4) is 0 Å². The second-order valence-electron chi connectivity index (χ2n) is 7.66. The van der Waals surface area contributed by atoms with Crippen LogP contribution in [0.1, 0.15) is 21.5 Å². The van der Waals surface area contributed by atoms with Crippen LogP contribution in [0.3, 0.4) is 0 Å². The summed E-state index contributed by atoms with van der Waals surface area (Å²) in [5.74, 6) is -1.52. The van der Waals surface area contributed by atoms with Crippen LogP contribution in [-0.2, 0) is 17.6 Å². The summed E-state index contributed by atoms with van der Waals surface area (Å²) in [6, 6.07) is 23.4. The molecule has 4 rings (SSSR count). The first kappa shape index (κ1) is 20.5. The molecule has 1 N–H and O–H groups in total. The minimum atomic E-state index is -1.21. The Labute approximate surface area is 179 Å². The molecule has 1 saturated heterocycles. The summed E-state index contributed by atoms with van der Waals surface area (Å²) in [7, 11) is 0. The lowest BCUT2D eigenvalue weighted by Gasteiger charge is -2.27. The van der Waals surface area contributed by atoms with Crippen LogP contribution in [0.4, 0.5) is 9.18 Å². The number of hydrogen-bond donors (Lipinski definition) is 1. The highest BCUT2D eigenvalue weighted by atomic mass is 19.1. The molecule has 0 atom stereocenters. The zero-order valence-corrected chi connectivity index (χ0v) is 16.8. The Morgan fingerprint density at radius 3 is 1.97 bits per heavy atom. The van der Waals surface area contributed by atoms with Crippen molar-refractivity contribution in [2.24, 2.45) is 0 Å². The molecule has 1 aliphatic heterocycles. The van der Waals surface area contributed by atoms with E-state index in [0.29, 0.717) is 0 Å². The van der Waals surface area contributed by atoms with Gasteiger partial charge in [0, 0.05) is 18.4 Å². The number of carbonyl (C=O) groups is 3. The van der Waals surface area contributed by atoms with Crippen LogP contribution in [0, 0.1) is 5.82 Å². The third kappa shape index (κ3) is 4.38. The first-order chi connectivity index (χ1) is 15.0. The Hall–Kier alpha value is -3.80. The fourth-order valence-corrected chi connectivity index (χ4v) is 3.91. The van der Waals surface area contributed by atoms with E-state index in [-0.39, 0.29) is 18.4 Å². The minimum absolute atomic E-state index is 0.115. The Balaban J connectivity index is 1.63. The fraction of sp³-hybridized carbons (Fsp3) is 0.160. The highest BCUT2D eigenvalue weighted by molar-refractivity contribution is 6.11. The van der Waals surface area contributed by atoms with Crippen molar-refractivity contribution in [1.29, 1.82) is 0 Å². The molecule has 31 heavy (non-hydrogen) atoms. The second-order valence-corrected chi connectivity index (χ2v) is 7.66. The molecule has 6 heteroatoms. The topological polar surface area (TPSA) is 66.5 Å². The molecule has 5 nitrogen and oxygen atoms in total. The Morgan fingerprint density at radius 2 is 1.42 bits per heavy atom. The largest absolute Gasteiger partial charge is 0.325 e. The van der Waals surface area contributed by atoms with E-state index >= 15 is 0 Å². The van der Waals surface area contributed by atoms with E-state index in [0.717, 1.165) is 22.1 Å². The highest BCUT2D eigenvalue weighted by Gasteiger charge is 2.51. The molecule has 0 unspecified atom stereocenters. The molecule has 3 aromatic carbocycles. The number of nitrogens with one attached hydrogen (secondary N) is 1. The van der Waals surface area contributed by atoms with E-state index in [1.165, 1.54) is 18.2 Å². The number of urea groups is 1. The lowest BCUT2D eigenvalue weighted by molar-refractivity contribution is -0.131. The van der Waals surface area contributed by atoms with Gasteiger partial charge in [0.15, 0.2) is 5.78 Å². The number of Topliss-reactive ketones (excluding diaryl/α,β-unsaturated/α-hetero) is 1. The van der Waals surface area contributed by atoms with Gasteiger partial charge in [-0.1, -0.05) is 72.8 Å². The second kappa shape index (κ2) is 8.52. The molecule has 0 radical (unpaired) electrons. The standard InChI is InChI=1S/C25H21FN2O3/c26-21-13-7-12-20(14-21)22(29)17-28-23(30)25(27-24(28)31,15-18-8-3-1-4-9-18)16-19-10-5-2-6-11-19/h1-14H,15-17H2,(H,27,31).